The number of carbonyl (C=O) groups excluding carboxylic acids is 2. The van der Waals surface area contributed by atoms with Gasteiger partial charge in [-0.25, -0.2) is 0 Å². The molecule has 2 aromatic rings. The highest BCUT2D eigenvalue weighted by Gasteiger charge is 2.09. The molecule has 0 spiro atoms. The van der Waals surface area contributed by atoms with E-state index >= 15 is 0 Å². The second-order valence-electron chi connectivity index (χ2n) is 5.30. The van der Waals surface area contributed by atoms with Crippen molar-refractivity contribution in [2.45, 2.75) is 23.6 Å². The van der Waals surface area contributed by atoms with Crippen LogP contribution >= 0.6 is 23.5 Å². The van der Waals surface area contributed by atoms with E-state index in [1.165, 1.54) is 17.8 Å². The monoisotopic (exact) mass is 354 g/mol. The molecule has 0 N–H and O–H groups in total. The number of rotatable bonds is 5. The van der Waals surface area contributed by atoms with Gasteiger partial charge in [-0.3, -0.25) is 9.59 Å². The van der Waals surface area contributed by atoms with Crippen LogP contribution in [0.4, 0.5) is 0 Å². The molecule has 0 unspecified atom stereocenters. The molecule has 2 nitrogen and oxygen atoms in total. The molecule has 24 heavy (non-hydrogen) atoms. The molecular formula is C20H18O2S2. The van der Waals surface area contributed by atoms with Crippen LogP contribution in [-0.4, -0.2) is 10.2 Å². The molecule has 0 aliphatic heterocycles. The maximum absolute atomic E-state index is 11.8. The highest BCUT2D eigenvalue weighted by molar-refractivity contribution is 8.14. The molecule has 0 saturated carbocycles. The zero-order chi connectivity index (χ0) is 17.7. The van der Waals surface area contributed by atoms with E-state index in [-0.39, 0.29) is 10.2 Å². The van der Waals surface area contributed by atoms with Gasteiger partial charge in [0.15, 0.2) is 0 Å². The smallest absolute Gasteiger partial charge is 0.219 e. The molecule has 0 heterocycles. The number of hydrogen-bond donors (Lipinski definition) is 0. The third-order valence-corrected chi connectivity index (χ3v) is 5.39. The molecule has 4 heteroatoms. The fourth-order valence-corrected chi connectivity index (χ4v) is 3.32. The Hall–Kier alpha value is -2.04. The van der Waals surface area contributed by atoms with Gasteiger partial charge in [0.2, 0.25) is 10.2 Å². The van der Waals surface area contributed by atoms with Gasteiger partial charge in [-0.05, 0) is 83.9 Å². The first-order valence-electron chi connectivity index (χ1n) is 7.33. The van der Waals surface area contributed by atoms with E-state index in [2.05, 4.69) is 19.2 Å². The summed E-state index contributed by atoms with van der Waals surface area (Å²) < 4.78 is 0. The maximum Gasteiger partial charge on any atom is 0.219 e. The summed E-state index contributed by atoms with van der Waals surface area (Å²) in [6.07, 6.45) is 1.31. The zero-order valence-corrected chi connectivity index (χ0v) is 15.3. The van der Waals surface area contributed by atoms with Crippen molar-refractivity contribution in [3.05, 3.63) is 72.8 Å². The predicted molar refractivity (Wildman–Crippen MR) is 103 cm³/mol. The number of carbonyl (C=O) groups is 2. The van der Waals surface area contributed by atoms with Crippen LogP contribution < -0.4 is 0 Å². The standard InChI is InChI=1S/C20H18O2S2/c1-5-19(21)23-17-9-6-15(7-10-17)16-8-11-18(14(4)12-16)24-20(22)13(2)3/h5-12H,1-2H2,3-4H3. The summed E-state index contributed by atoms with van der Waals surface area (Å²) in [5.74, 6) is 0. The van der Waals surface area contributed by atoms with Crippen LogP contribution in [0.5, 0.6) is 0 Å². The van der Waals surface area contributed by atoms with Crippen molar-refractivity contribution in [3.63, 3.8) is 0 Å². The van der Waals surface area contributed by atoms with Gasteiger partial charge in [-0.1, -0.05) is 37.4 Å². The summed E-state index contributed by atoms with van der Waals surface area (Å²) in [5.41, 5.74) is 3.74. The van der Waals surface area contributed by atoms with E-state index in [9.17, 15) is 9.59 Å². The van der Waals surface area contributed by atoms with Crippen molar-refractivity contribution >= 4 is 33.8 Å². The first-order chi connectivity index (χ1) is 11.4. The minimum atomic E-state index is -0.0675. The average Bonchev–Trinajstić information content (AvgIpc) is 2.57. The highest BCUT2D eigenvalue weighted by Crippen LogP contribution is 2.30. The minimum Gasteiger partial charge on any atom is -0.282 e. The molecule has 0 aromatic heterocycles. The summed E-state index contributed by atoms with van der Waals surface area (Å²) >= 11 is 2.36. The molecule has 0 fully saturated rings. The zero-order valence-electron chi connectivity index (χ0n) is 13.7. The average molecular weight is 354 g/mol. The summed E-state index contributed by atoms with van der Waals surface area (Å²) in [6.45, 7) is 10.9. The van der Waals surface area contributed by atoms with E-state index in [1.807, 2.05) is 43.3 Å². The predicted octanol–water partition coefficient (Wildman–Crippen LogP) is 5.66. The SMILES string of the molecule is C=CC(=O)Sc1ccc(-c2ccc(SC(=O)C(=C)C)c(C)c2)cc1. The van der Waals surface area contributed by atoms with Gasteiger partial charge in [-0.2, -0.15) is 0 Å². The Bertz CT molecular complexity index is 805. The maximum atomic E-state index is 11.8. The first kappa shape index (κ1) is 18.3. The van der Waals surface area contributed by atoms with Gasteiger partial charge in [-0.15, -0.1) is 0 Å². The second-order valence-corrected chi connectivity index (χ2v) is 7.39. The van der Waals surface area contributed by atoms with E-state index < -0.39 is 0 Å². The summed E-state index contributed by atoms with van der Waals surface area (Å²) in [7, 11) is 0. The van der Waals surface area contributed by atoms with Crippen LogP contribution in [0.2, 0.25) is 0 Å². The number of thioether (sulfide) groups is 2. The van der Waals surface area contributed by atoms with Crippen molar-refractivity contribution in [1.29, 1.82) is 0 Å². The molecule has 0 bridgehead atoms. The van der Waals surface area contributed by atoms with Crippen LogP contribution in [0.25, 0.3) is 11.1 Å². The normalized spacial score (nSPS) is 10.2. The largest absolute Gasteiger partial charge is 0.282 e. The minimum absolute atomic E-state index is 0.0147. The van der Waals surface area contributed by atoms with E-state index in [0.717, 1.165) is 38.2 Å². The molecule has 122 valence electrons. The Kier molecular flexibility index (Phi) is 6.23. The fraction of sp³-hybridized carbons (Fsp3) is 0.100. The van der Waals surface area contributed by atoms with Crippen LogP contribution in [0.3, 0.4) is 0 Å². The Balaban J connectivity index is 2.19. The van der Waals surface area contributed by atoms with Gasteiger partial charge >= 0.3 is 0 Å². The Labute approximate surface area is 151 Å². The Morgan fingerprint density at radius 3 is 2.17 bits per heavy atom. The topological polar surface area (TPSA) is 34.1 Å². The summed E-state index contributed by atoms with van der Waals surface area (Å²) in [6, 6.07) is 13.8. The number of benzene rings is 2. The van der Waals surface area contributed by atoms with Gasteiger partial charge in [0.05, 0.1) is 0 Å². The van der Waals surface area contributed by atoms with Crippen molar-refractivity contribution in [1.82, 2.24) is 0 Å². The molecule has 0 atom stereocenters. The lowest BCUT2D eigenvalue weighted by molar-refractivity contribution is -0.108. The lowest BCUT2D eigenvalue weighted by atomic mass is 10.0. The summed E-state index contributed by atoms with van der Waals surface area (Å²) in [5, 5.41) is -0.0822. The summed E-state index contributed by atoms with van der Waals surface area (Å²) in [4.78, 5) is 25.0. The molecule has 0 saturated heterocycles. The van der Waals surface area contributed by atoms with Crippen LogP contribution in [0.1, 0.15) is 12.5 Å². The van der Waals surface area contributed by atoms with E-state index in [0.29, 0.717) is 5.57 Å². The van der Waals surface area contributed by atoms with E-state index in [4.69, 9.17) is 0 Å². The van der Waals surface area contributed by atoms with Crippen LogP contribution in [0, 0.1) is 6.92 Å². The molecule has 0 amide bonds. The van der Waals surface area contributed by atoms with E-state index in [1.54, 1.807) is 6.92 Å². The lowest BCUT2D eigenvalue weighted by Gasteiger charge is -2.08. The number of hydrogen-bond acceptors (Lipinski definition) is 4. The molecule has 0 radical (unpaired) electrons. The van der Waals surface area contributed by atoms with Crippen LogP contribution in [0.15, 0.2) is 77.1 Å². The number of aryl methyl sites for hydroxylation is 1. The molecule has 0 aliphatic rings. The van der Waals surface area contributed by atoms with Gasteiger partial charge in [0.1, 0.15) is 0 Å². The molecule has 2 rings (SSSR count). The van der Waals surface area contributed by atoms with Gasteiger partial charge < -0.3 is 0 Å². The van der Waals surface area contributed by atoms with Crippen molar-refractivity contribution in [2.75, 3.05) is 0 Å². The lowest BCUT2D eigenvalue weighted by Crippen LogP contribution is -1.93. The first-order valence-corrected chi connectivity index (χ1v) is 8.97. The Morgan fingerprint density at radius 1 is 1.00 bits per heavy atom. The second kappa shape index (κ2) is 8.18. The highest BCUT2D eigenvalue weighted by atomic mass is 32.2. The van der Waals surface area contributed by atoms with Crippen LogP contribution in [-0.2, 0) is 9.59 Å². The Morgan fingerprint density at radius 2 is 1.62 bits per heavy atom. The quantitative estimate of drug-likeness (QED) is 0.512. The third kappa shape index (κ3) is 4.73. The molecular weight excluding hydrogens is 336 g/mol. The molecule has 0 aliphatic carbocycles. The molecule has 2 aromatic carbocycles. The van der Waals surface area contributed by atoms with Crippen molar-refractivity contribution in [2.24, 2.45) is 0 Å². The third-order valence-electron chi connectivity index (χ3n) is 3.30. The fourth-order valence-electron chi connectivity index (χ4n) is 2.00. The van der Waals surface area contributed by atoms with Crippen molar-refractivity contribution in [3.8, 4) is 11.1 Å². The van der Waals surface area contributed by atoms with Gasteiger partial charge in [0.25, 0.3) is 0 Å². The van der Waals surface area contributed by atoms with Crippen molar-refractivity contribution < 1.29 is 9.59 Å². The van der Waals surface area contributed by atoms with Gasteiger partial charge in [0, 0.05) is 9.79 Å².